The number of rotatable bonds is 6. The number of nitrogens with one attached hydrogen (secondary N) is 1. The first-order valence-electron chi connectivity index (χ1n) is 7.99. The molecule has 2 aromatic rings. The first-order chi connectivity index (χ1) is 11.7. The summed E-state index contributed by atoms with van der Waals surface area (Å²) in [5.74, 6) is 1.70. The van der Waals surface area contributed by atoms with Crippen LogP contribution >= 0.6 is 11.6 Å². The standard InChI is InChI=1S/C17H20ClN5O/c18-15-3-1-14(2-4-15)5-6-19-16-11-17(21-12-20-16)23-9-7-22(13-24)8-10-23/h1-4,11-13H,5-10H2,(H,19,20,21). The van der Waals surface area contributed by atoms with E-state index in [1.54, 1.807) is 11.2 Å². The zero-order valence-electron chi connectivity index (χ0n) is 13.4. The Bertz CT molecular complexity index is 671. The van der Waals surface area contributed by atoms with Gasteiger partial charge in [-0.25, -0.2) is 9.97 Å². The molecule has 0 spiro atoms. The number of halogens is 1. The first kappa shape index (κ1) is 16.5. The van der Waals surface area contributed by atoms with Gasteiger partial charge >= 0.3 is 0 Å². The molecule has 24 heavy (non-hydrogen) atoms. The fraction of sp³-hybridized carbons (Fsp3) is 0.353. The number of carbonyl (C=O) groups is 1. The second-order valence-electron chi connectivity index (χ2n) is 5.69. The third-order valence-electron chi connectivity index (χ3n) is 4.07. The van der Waals surface area contributed by atoms with Gasteiger partial charge in [0.05, 0.1) is 0 Å². The van der Waals surface area contributed by atoms with Crippen LogP contribution < -0.4 is 10.2 Å². The first-order valence-corrected chi connectivity index (χ1v) is 8.37. The zero-order valence-corrected chi connectivity index (χ0v) is 14.1. The van der Waals surface area contributed by atoms with Crippen molar-refractivity contribution in [3.63, 3.8) is 0 Å². The summed E-state index contributed by atoms with van der Waals surface area (Å²) in [7, 11) is 0. The third-order valence-corrected chi connectivity index (χ3v) is 4.32. The van der Waals surface area contributed by atoms with E-state index in [1.807, 2.05) is 30.3 Å². The molecular formula is C17H20ClN5O. The number of carbonyl (C=O) groups excluding carboxylic acids is 1. The van der Waals surface area contributed by atoms with Gasteiger partial charge in [0.25, 0.3) is 0 Å². The summed E-state index contributed by atoms with van der Waals surface area (Å²) in [5, 5.41) is 4.08. The highest BCUT2D eigenvalue weighted by Crippen LogP contribution is 2.16. The summed E-state index contributed by atoms with van der Waals surface area (Å²) in [5.41, 5.74) is 1.23. The van der Waals surface area contributed by atoms with E-state index >= 15 is 0 Å². The Kier molecular flexibility index (Phi) is 5.48. The summed E-state index contributed by atoms with van der Waals surface area (Å²) >= 11 is 5.89. The molecule has 1 aromatic heterocycles. The molecule has 1 aromatic carbocycles. The fourth-order valence-electron chi connectivity index (χ4n) is 2.66. The lowest BCUT2D eigenvalue weighted by Crippen LogP contribution is -2.46. The molecule has 0 saturated carbocycles. The van der Waals surface area contributed by atoms with Gasteiger partial charge in [-0.2, -0.15) is 0 Å². The van der Waals surface area contributed by atoms with E-state index in [1.165, 1.54) is 5.56 Å². The summed E-state index contributed by atoms with van der Waals surface area (Å²) in [6, 6.07) is 9.82. The quantitative estimate of drug-likeness (QED) is 0.812. The lowest BCUT2D eigenvalue weighted by atomic mass is 10.1. The lowest BCUT2D eigenvalue weighted by Gasteiger charge is -2.33. The van der Waals surface area contributed by atoms with Crippen LogP contribution in [0.15, 0.2) is 36.7 Å². The van der Waals surface area contributed by atoms with Gasteiger partial charge in [0.1, 0.15) is 18.0 Å². The molecule has 1 amide bonds. The smallest absolute Gasteiger partial charge is 0.209 e. The van der Waals surface area contributed by atoms with Gasteiger partial charge in [-0.15, -0.1) is 0 Å². The maximum absolute atomic E-state index is 10.8. The van der Waals surface area contributed by atoms with Crippen LogP contribution in [0.25, 0.3) is 0 Å². The van der Waals surface area contributed by atoms with Crippen LogP contribution in [-0.4, -0.2) is 54.0 Å². The molecule has 6 nitrogen and oxygen atoms in total. The minimum Gasteiger partial charge on any atom is -0.370 e. The molecule has 1 saturated heterocycles. The molecule has 1 aliphatic rings. The van der Waals surface area contributed by atoms with Gasteiger partial charge in [-0.1, -0.05) is 23.7 Å². The van der Waals surface area contributed by atoms with Gasteiger partial charge in [0.2, 0.25) is 6.41 Å². The average molecular weight is 346 g/mol. The number of amides is 1. The third kappa shape index (κ3) is 4.35. The Labute approximate surface area is 146 Å². The molecule has 126 valence electrons. The monoisotopic (exact) mass is 345 g/mol. The van der Waals surface area contributed by atoms with Crippen molar-refractivity contribution in [2.24, 2.45) is 0 Å². The van der Waals surface area contributed by atoms with Crippen molar-refractivity contribution in [3.05, 3.63) is 47.2 Å². The van der Waals surface area contributed by atoms with E-state index in [-0.39, 0.29) is 0 Å². The Hall–Kier alpha value is -2.34. The van der Waals surface area contributed by atoms with Crippen LogP contribution in [0.2, 0.25) is 5.02 Å². The van der Waals surface area contributed by atoms with E-state index < -0.39 is 0 Å². The van der Waals surface area contributed by atoms with Crippen LogP contribution in [0.3, 0.4) is 0 Å². The van der Waals surface area contributed by atoms with Gasteiger partial charge in [0.15, 0.2) is 0 Å². The molecule has 2 heterocycles. The van der Waals surface area contributed by atoms with Crippen molar-refractivity contribution >= 4 is 29.6 Å². The Morgan fingerprint density at radius 3 is 2.58 bits per heavy atom. The Morgan fingerprint density at radius 2 is 1.88 bits per heavy atom. The Morgan fingerprint density at radius 1 is 1.12 bits per heavy atom. The van der Waals surface area contributed by atoms with Gasteiger partial charge in [0, 0.05) is 43.8 Å². The minimum atomic E-state index is 0.729. The second kappa shape index (κ2) is 7.97. The Balaban J connectivity index is 1.53. The molecular weight excluding hydrogens is 326 g/mol. The predicted molar refractivity (Wildman–Crippen MR) is 95.5 cm³/mol. The second-order valence-corrected chi connectivity index (χ2v) is 6.13. The number of nitrogens with zero attached hydrogens (tertiary/aromatic N) is 4. The van der Waals surface area contributed by atoms with Crippen LogP contribution in [-0.2, 0) is 11.2 Å². The van der Waals surface area contributed by atoms with Crippen molar-refractivity contribution < 1.29 is 4.79 Å². The highest BCUT2D eigenvalue weighted by molar-refractivity contribution is 6.30. The number of anilines is 2. The van der Waals surface area contributed by atoms with Crippen molar-refractivity contribution in [1.82, 2.24) is 14.9 Å². The molecule has 0 radical (unpaired) electrons. The highest BCUT2D eigenvalue weighted by Gasteiger charge is 2.16. The summed E-state index contributed by atoms with van der Waals surface area (Å²) < 4.78 is 0. The van der Waals surface area contributed by atoms with E-state index in [0.29, 0.717) is 0 Å². The van der Waals surface area contributed by atoms with Crippen LogP contribution in [0.1, 0.15) is 5.56 Å². The number of benzene rings is 1. The molecule has 3 rings (SSSR count). The van der Waals surface area contributed by atoms with Gasteiger partial charge < -0.3 is 15.1 Å². The predicted octanol–water partition coefficient (Wildman–Crippen LogP) is 2.06. The van der Waals surface area contributed by atoms with E-state index in [2.05, 4.69) is 20.2 Å². The van der Waals surface area contributed by atoms with E-state index in [4.69, 9.17) is 11.6 Å². The number of piperazine rings is 1. The topological polar surface area (TPSA) is 61.4 Å². The number of hydrogen-bond acceptors (Lipinski definition) is 5. The van der Waals surface area contributed by atoms with Gasteiger partial charge in [-0.3, -0.25) is 4.79 Å². The maximum Gasteiger partial charge on any atom is 0.209 e. The van der Waals surface area contributed by atoms with E-state index in [0.717, 1.165) is 62.2 Å². The van der Waals surface area contributed by atoms with Crippen LogP contribution in [0, 0.1) is 0 Å². The average Bonchev–Trinajstić information content (AvgIpc) is 2.64. The molecule has 0 bridgehead atoms. The SMILES string of the molecule is O=CN1CCN(c2cc(NCCc3ccc(Cl)cc3)ncn2)CC1. The number of hydrogen-bond donors (Lipinski definition) is 1. The van der Waals surface area contributed by atoms with E-state index in [9.17, 15) is 4.79 Å². The normalized spacial score (nSPS) is 14.5. The van der Waals surface area contributed by atoms with Crippen LogP contribution in [0.4, 0.5) is 11.6 Å². The minimum absolute atomic E-state index is 0.729. The molecule has 0 aliphatic carbocycles. The van der Waals surface area contributed by atoms with Crippen LogP contribution in [0.5, 0.6) is 0 Å². The fourth-order valence-corrected chi connectivity index (χ4v) is 2.79. The van der Waals surface area contributed by atoms with Crippen molar-refractivity contribution in [1.29, 1.82) is 0 Å². The zero-order chi connectivity index (χ0) is 16.8. The molecule has 1 fully saturated rings. The molecule has 0 atom stereocenters. The molecule has 0 unspecified atom stereocenters. The van der Waals surface area contributed by atoms with Gasteiger partial charge in [-0.05, 0) is 24.1 Å². The molecule has 7 heteroatoms. The molecule has 1 aliphatic heterocycles. The summed E-state index contributed by atoms with van der Waals surface area (Å²) in [6.45, 7) is 3.83. The summed E-state index contributed by atoms with van der Waals surface area (Å²) in [4.78, 5) is 23.3. The van der Waals surface area contributed by atoms with Crippen molar-refractivity contribution in [2.75, 3.05) is 42.9 Å². The largest absolute Gasteiger partial charge is 0.370 e. The molecule has 1 N–H and O–H groups in total. The summed E-state index contributed by atoms with van der Waals surface area (Å²) in [6.07, 6.45) is 3.38. The lowest BCUT2D eigenvalue weighted by molar-refractivity contribution is -0.118. The maximum atomic E-state index is 10.8. The highest BCUT2D eigenvalue weighted by atomic mass is 35.5. The van der Waals surface area contributed by atoms with Crippen molar-refractivity contribution in [3.8, 4) is 0 Å². The number of aromatic nitrogens is 2. The van der Waals surface area contributed by atoms with Crippen molar-refractivity contribution in [2.45, 2.75) is 6.42 Å².